The average molecular weight is 291 g/mol. The van der Waals surface area contributed by atoms with Crippen LogP contribution in [0.3, 0.4) is 0 Å². The molecule has 1 N–H and O–H groups in total. The molecule has 0 aliphatic carbocycles. The molecule has 5 heteroatoms. The number of halogens is 1. The van der Waals surface area contributed by atoms with Crippen molar-refractivity contribution in [2.24, 2.45) is 0 Å². The maximum absolute atomic E-state index is 11.3. The van der Waals surface area contributed by atoms with E-state index < -0.39 is 6.09 Å². The standard InChI is InChI=1S/C15H15ClN2O2/c16-9-12-4-6-13(7-5-12)10-18(15(19)20)11-14-3-1-2-8-17-14/h1-8H,9-11H2,(H,19,20). The highest BCUT2D eigenvalue weighted by Crippen LogP contribution is 2.11. The van der Waals surface area contributed by atoms with Crippen LogP contribution < -0.4 is 0 Å². The molecule has 0 saturated heterocycles. The van der Waals surface area contributed by atoms with Gasteiger partial charge in [-0.2, -0.15) is 0 Å². The van der Waals surface area contributed by atoms with Crippen molar-refractivity contribution < 1.29 is 9.90 Å². The van der Waals surface area contributed by atoms with E-state index in [1.54, 1.807) is 12.3 Å². The molecule has 0 spiro atoms. The summed E-state index contributed by atoms with van der Waals surface area (Å²) >= 11 is 5.73. The summed E-state index contributed by atoms with van der Waals surface area (Å²) in [6, 6.07) is 13.1. The highest BCUT2D eigenvalue weighted by molar-refractivity contribution is 6.17. The van der Waals surface area contributed by atoms with E-state index in [-0.39, 0.29) is 6.54 Å². The van der Waals surface area contributed by atoms with Gasteiger partial charge in [-0.3, -0.25) is 9.88 Å². The number of carbonyl (C=O) groups is 1. The molecule has 104 valence electrons. The van der Waals surface area contributed by atoms with Crippen LogP contribution in [0.4, 0.5) is 4.79 Å². The molecular formula is C15H15ClN2O2. The van der Waals surface area contributed by atoms with Crippen LogP contribution in [0.1, 0.15) is 16.8 Å². The molecular weight excluding hydrogens is 276 g/mol. The van der Waals surface area contributed by atoms with E-state index in [4.69, 9.17) is 11.6 Å². The fourth-order valence-corrected chi connectivity index (χ4v) is 2.01. The summed E-state index contributed by atoms with van der Waals surface area (Å²) < 4.78 is 0. The number of rotatable bonds is 5. The van der Waals surface area contributed by atoms with E-state index in [1.807, 2.05) is 36.4 Å². The van der Waals surface area contributed by atoms with Crippen molar-refractivity contribution in [3.8, 4) is 0 Å². The first-order valence-corrected chi connectivity index (χ1v) is 6.74. The average Bonchev–Trinajstić information content (AvgIpc) is 2.48. The Hall–Kier alpha value is -2.07. The van der Waals surface area contributed by atoms with Gasteiger partial charge in [0.25, 0.3) is 0 Å². The maximum atomic E-state index is 11.3. The van der Waals surface area contributed by atoms with Gasteiger partial charge in [-0.05, 0) is 23.3 Å². The van der Waals surface area contributed by atoms with E-state index in [0.29, 0.717) is 12.4 Å². The topological polar surface area (TPSA) is 53.4 Å². The number of amides is 1. The second-order valence-corrected chi connectivity index (χ2v) is 4.68. The lowest BCUT2D eigenvalue weighted by Gasteiger charge is -2.19. The van der Waals surface area contributed by atoms with Gasteiger partial charge >= 0.3 is 6.09 Å². The third kappa shape index (κ3) is 3.96. The van der Waals surface area contributed by atoms with E-state index in [0.717, 1.165) is 16.8 Å². The Bertz CT molecular complexity index is 558. The molecule has 0 unspecified atom stereocenters. The Labute approximate surface area is 122 Å². The first-order valence-electron chi connectivity index (χ1n) is 6.20. The molecule has 1 heterocycles. The van der Waals surface area contributed by atoms with E-state index >= 15 is 0 Å². The van der Waals surface area contributed by atoms with Crippen molar-refractivity contribution in [3.63, 3.8) is 0 Å². The van der Waals surface area contributed by atoms with Crippen molar-refractivity contribution in [2.45, 2.75) is 19.0 Å². The molecule has 1 amide bonds. The van der Waals surface area contributed by atoms with Crippen molar-refractivity contribution in [3.05, 3.63) is 65.5 Å². The van der Waals surface area contributed by atoms with Gasteiger partial charge in [0.2, 0.25) is 0 Å². The summed E-state index contributed by atoms with van der Waals surface area (Å²) in [6.07, 6.45) is 0.696. The SMILES string of the molecule is O=C(O)N(Cc1ccc(CCl)cc1)Cc1ccccn1. The number of nitrogens with zero attached hydrogens (tertiary/aromatic N) is 2. The first kappa shape index (κ1) is 14.3. The smallest absolute Gasteiger partial charge is 0.407 e. The molecule has 2 rings (SSSR count). The van der Waals surface area contributed by atoms with Gasteiger partial charge in [0.05, 0.1) is 12.2 Å². The van der Waals surface area contributed by atoms with Crippen molar-refractivity contribution in [2.75, 3.05) is 0 Å². The van der Waals surface area contributed by atoms with Crippen LogP contribution in [0.2, 0.25) is 0 Å². The van der Waals surface area contributed by atoms with Crippen LogP contribution in [-0.4, -0.2) is 21.1 Å². The highest BCUT2D eigenvalue weighted by Gasteiger charge is 2.13. The van der Waals surface area contributed by atoms with Crippen molar-refractivity contribution in [1.82, 2.24) is 9.88 Å². The van der Waals surface area contributed by atoms with Crippen LogP contribution >= 0.6 is 11.6 Å². The third-order valence-corrected chi connectivity index (χ3v) is 3.21. The van der Waals surface area contributed by atoms with E-state index in [9.17, 15) is 9.90 Å². The summed E-state index contributed by atoms with van der Waals surface area (Å²) in [6.45, 7) is 0.599. The molecule has 0 aliphatic rings. The number of benzene rings is 1. The van der Waals surface area contributed by atoms with Gasteiger partial charge in [-0.25, -0.2) is 4.79 Å². The molecule has 1 aromatic heterocycles. The number of hydrogen-bond acceptors (Lipinski definition) is 2. The Kier molecular flexibility index (Phi) is 4.96. The van der Waals surface area contributed by atoms with Gasteiger partial charge in [0.1, 0.15) is 0 Å². The molecule has 1 aromatic carbocycles. The van der Waals surface area contributed by atoms with Crippen molar-refractivity contribution in [1.29, 1.82) is 0 Å². The predicted octanol–water partition coefficient (Wildman–Crippen LogP) is 3.50. The summed E-state index contributed by atoms with van der Waals surface area (Å²) in [5.41, 5.74) is 2.67. The Balaban J connectivity index is 2.07. The molecule has 0 atom stereocenters. The lowest BCUT2D eigenvalue weighted by molar-refractivity contribution is 0.138. The minimum atomic E-state index is -0.961. The van der Waals surface area contributed by atoms with Crippen LogP contribution in [-0.2, 0) is 19.0 Å². The minimum Gasteiger partial charge on any atom is -0.465 e. The highest BCUT2D eigenvalue weighted by atomic mass is 35.5. The minimum absolute atomic E-state index is 0.271. The van der Waals surface area contributed by atoms with Gasteiger partial charge in [-0.15, -0.1) is 11.6 Å². The lowest BCUT2D eigenvalue weighted by Crippen LogP contribution is -2.28. The number of carboxylic acid groups (broad SMARTS) is 1. The van der Waals surface area contributed by atoms with Crippen LogP contribution in [0.5, 0.6) is 0 Å². The monoisotopic (exact) mass is 290 g/mol. The molecule has 0 saturated carbocycles. The zero-order valence-corrected chi connectivity index (χ0v) is 11.6. The maximum Gasteiger partial charge on any atom is 0.407 e. The number of alkyl halides is 1. The van der Waals surface area contributed by atoms with E-state index in [1.165, 1.54) is 4.90 Å². The second kappa shape index (κ2) is 6.91. The van der Waals surface area contributed by atoms with Crippen molar-refractivity contribution >= 4 is 17.7 Å². The van der Waals surface area contributed by atoms with Gasteiger partial charge in [0, 0.05) is 18.6 Å². The van der Waals surface area contributed by atoms with Crippen LogP contribution in [0.25, 0.3) is 0 Å². The van der Waals surface area contributed by atoms with E-state index in [2.05, 4.69) is 4.98 Å². The molecule has 2 aromatic rings. The molecule has 0 bridgehead atoms. The molecule has 0 fully saturated rings. The van der Waals surface area contributed by atoms with Gasteiger partial charge in [0.15, 0.2) is 0 Å². The fourth-order valence-electron chi connectivity index (χ4n) is 1.83. The molecule has 20 heavy (non-hydrogen) atoms. The number of pyridine rings is 1. The summed E-state index contributed by atoms with van der Waals surface area (Å²) in [5, 5.41) is 9.27. The van der Waals surface area contributed by atoms with Gasteiger partial charge in [-0.1, -0.05) is 30.3 Å². The zero-order valence-electron chi connectivity index (χ0n) is 10.9. The first-order chi connectivity index (χ1) is 9.69. The normalized spacial score (nSPS) is 10.2. The summed E-state index contributed by atoms with van der Waals surface area (Å²) in [7, 11) is 0. The molecule has 4 nitrogen and oxygen atoms in total. The number of aromatic nitrogens is 1. The molecule has 0 aliphatic heterocycles. The predicted molar refractivity (Wildman–Crippen MR) is 77.5 cm³/mol. The van der Waals surface area contributed by atoms with Gasteiger partial charge < -0.3 is 5.11 Å². The lowest BCUT2D eigenvalue weighted by atomic mass is 10.1. The fraction of sp³-hybridized carbons (Fsp3) is 0.200. The Morgan fingerprint density at radius 2 is 1.80 bits per heavy atom. The summed E-state index contributed by atoms with van der Waals surface area (Å²) in [4.78, 5) is 16.8. The number of hydrogen-bond donors (Lipinski definition) is 1. The quantitative estimate of drug-likeness (QED) is 0.858. The third-order valence-electron chi connectivity index (χ3n) is 2.90. The zero-order chi connectivity index (χ0) is 14.4. The summed E-state index contributed by atoms with van der Waals surface area (Å²) in [5.74, 6) is 0.455. The Morgan fingerprint density at radius 3 is 2.35 bits per heavy atom. The largest absolute Gasteiger partial charge is 0.465 e. The van der Waals surface area contributed by atoms with Crippen LogP contribution in [0, 0.1) is 0 Å². The second-order valence-electron chi connectivity index (χ2n) is 4.41. The molecule has 0 radical (unpaired) electrons. The van der Waals surface area contributed by atoms with Crippen LogP contribution in [0.15, 0.2) is 48.7 Å². The Morgan fingerprint density at radius 1 is 1.10 bits per heavy atom.